The lowest BCUT2D eigenvalue weighted by molar-refractivity contribution is -0.138. The van der Waals surface area contributed by atoms with Crippen LogP contribution in [0.5, 0.6) is 0 Å². The fraction of sp³-hybridized carbons (Fsp3) is 0.444. The summed E-state index contributed by atoms with van der Waals surface area (Å²) in [5.41, 5.74) is -0.266. The number of hydrogen-bond donors (Lipinski definition) is 1. The third kappa shape index (κ3) is 4.80. The Hall–Kier alpha value is -1.44. The Balaban J connectivity index is 2.57. The summed E-state index contributed by atoms with van der Waals surface area (Å²) >= 11 is -1.58. The standard InChI is InChI=1S/C18H22F3NO2S/c1-11-6-8-13(14(10-11)18(19,20)21)16(15-9-7-12(2)24-15)22-25(23)17(3,4)5/h6-10,16,22H,1-5H3. The molecule has 0 spiro atoms. The van der Waals surface area contributed by atoms with E-state index in [1.54, 1.807) is 52.8 Å². The van der Waals surface area contributed by atoms with Crippen molar-refractivity contribution in [1.29, 1.82) is 0 Å². The van der Waals surface area contributed by atoms with Gasteiger partial charge in [-0.2, -0.15) is 13.2 Å². The first kappa shape index (κ1) is 19.9. The molecule has 2 rings (SSSR count). The summed E-state index contributed by atoms with van der Waals surface area (Å²) in [7, 11) is 0. The normalized spacial score (nSPS) is 15.2. The molecule has 7 heteroatoms. The Bertz CT molecular complexity index is 735. The van der Waals surface area contributed by atoms with E-state index < -0.39 is 33.9 Å². The minimum atomic E-state index is -4.52. The molecule has 1 heterocycles. The van der Waals surface area contributed by atoms with Crippen molar-refractivity contribution in [2.45, 2.75) is 51.6 Å². The molecule has 25 heavy (non-hydrogen) atoms. The number of hydrogen-bond acceptors (Lipinski definition) is 3. The van der Waals surface area contributed by atoms with Gasteiger partial charge in [-0.1, -0.05) is 17.7 Å². The summed E-state index contributed by atoms with van der Waals surface area (Å²) in [5.74, 6) is 0.869. The van der Waals surface area contributed by atoms with Gasteiger partial charge in [0.2, 0.25) is 0 Å². The number of benzene rings is 1. The maximum atomic E-state index is 13.5. The first-order valence-electron chi connectivity index (χ1n) is 7.81. The Morgan fingerprint density at radius 2 is 1.72 bits per heavy atom. The van der Waals surface area contributed by atoms with Crippen molar-refractivity contribution in [2.24, 2.45) is 0 Å². The molecule has 0 saturated heterocycles. The third-order valence-corrected chi connectivity index (χ3v) is 5.21. The number of alkyl halides is 3. The molecule has 1 aromatic carbocycles. The number of furan rings is 1. The lowest BCUT2D eigenvalue weighted by Crippen LogP contribution is -2.42. The zero-order valence-electron chi connectivity index (χ0n) is 14.8. The van der Waals surface area contributed by atoms with Crippen LogP contribution in [0.3, 0.4) is 0 Å². The lowest BCUT2D eigenvalue weighted by Gasteiger charge is -2.28. The van der Waals surface area contributed by atoms with Crippen molar-refractivity contribution in [3.63, 3.8) is 0 Å². The van der Waals surface area contributed by atoms with Crippen molar-refractivity contribution in [2.75, 3.05) is 0 Å². The van der Waals surface area contributed by atoms with Gasteiger partial charge in [0, 0.05) is 11.4 Å². The monoisotopic (exact) mass is 373 g/mol. The van der Waals surface area contributed by atoms with Crippen molar-refractivity contribution in [3.05, 3.63) is 58.5 Å². The highest BCUT2D eigenvalue weighted by atomic mass is 32.2. The molecule has 3 nitrogen and oxygen atoms in total. The highest BCUT2D eigenvalue weighted by Gasteiger charge is 2.39. The van der Waals surface area contributed by atoms with Crippen LogP contribution in [0.15, 0.2) is 34.7 Å². The zero-order chi connectivity index (χ0) is 19.0. The molecule has 1 N–H and O–H groups in total. The summed E-state index contributed by atoms with van der Waals surface area (Å²) in [6.07, 6.45) is -4.52. The van der Waals surface area contributed by atoms with Crippen molar-refractivity contribution in [1.82, 2.24) is 4.72 Å². The topological polar surface area (TPSA) is 48.2 Å². The molecule has 1 aromatic heterocycles. The van der Waals surface area contributed by atoms with Crippen LogP contribution in [-0.4, -0.2) is 9.30 Å². The van der Waals surface area contributed by atoms with Gasteiger partial charge in [0.25, 0.3) is 0 Å². The van der Waals surface area contributed by atoms with E-state index in [0.29, 0.717) is 17.1 Å². The van der Waals surface area contributed by atoms with Crippen LogP contribution in [0.4, 0.5) is 13.2 Å². The highest BCUT2D eigenvalue weighted by molar-refractivity contribution is 7.90. The summed E-state index contributed by atoms with van der Waals surface area (Å²) in [6, 6.07) is 6.42. The van der Waals surface area contributed by atoms with Crippen LogP contribution < -0.4 is 4.72 Å². The minimum absolute atomic E-state index is 0.00921. The van der Waals surface area contributed by atoms with Crippen LogP contribution >= 0.6 is 0 Å². The summed E-state index contributed by atoms with van der Waals surface area (Å²) in [6.45, 7) is 8.56. The number of rotatable bonds is 4. The second kappa shape index (κ2) is 7.05. The molecular weight excluding hydrogens is 351 g/mol. The Kier molecular flexibility index (Phi) is 5.61. The quantitative estimate of drug-likeness (QED) is 0.763. The first-order valence-corrected chi connectivity index (χ1v) is 8.96. The number of nitrogens with one attached hydrogen (secondary N) is 1. The van der Waals surface area contributed by atoms with Crippen LogP contribution in [0.2, 0.25) is 0 Å². The van der Waals surface area contributed by atoms with Crippen LogP contribution in [0.25, 0.3) is 0 Å². The second-order valence-electron chi connectivity index (χ2n) is 6.97. The van der Waals surface area contributed by atoms with Gasteiger partial charge in [-0.25, -0.2) is 0 Å². The molecular formula is C18H22F3NO2S. The molecule has 2 aromatic rings. The largest absolute Gasteiger partial charge is 0.598 e. The van der Waals surface area contributed by atoms with Gasteiger partial charge in [0.1, 0.15) is 22.3 Å². The smallest absolute Gasteiger partial charge is 0.416 e. The zero-order valence-corrected chi connectivity index (χ0v) is 15.6. The van der Waals surface area contributed by atoms with Gasteiger partial charge in [-0.15, -0.1) is 4.72 Å². The lowest BCUT2D eigenvalue weighted by atomic mass is 9.97. The molecule has 0 aliphatic carbocycles. The van der Waals surface area contributed by atoms with E-state index >= 15 is 0 Å². The second-order valence-corrected chi connectivity index (χ2v) is 8.97. The van der Waals surface area contributed by atoms with E-state index in [0.717, 1.165) is 6.07 Å². The van der Waals surface area contributed by atoms with Gasteiger partial charge in [-0.05, 0) is 58.4 Å². The van der Waals surface area contributed by atoms with Crippen molar-refractivity contribution < 1.29 is 22.1 Å². The Morgan fingerprint density at radius 1 is 1.08 bits per heavy atom. The summed E-state index contributed by atoms with van der Waals surface area (Å²) in [4.78, 5) is 0. The SMILES string of the molecule is Cc1ccc(C(N[S+]([O-])C(C)(C)C)c2ccc(C)o2)c(C(F)(F)F)c1. The molecule has 0 aliphatic rings. The number of aryl methyl sites for hydroxylation is 2. The highest BCUT2D eigenvalue weighted by Crippen LogP contribution is 2.38. The molecule has 0 radical (unpaired) electrons. The maximum Gasteiger partial charge on any atom is 0.416 e. The van der Waals surface area contributed by atoms with Crippen molar-refractivity contribution in [3.8, 4) is 0 Å². The van der Waals surface area contributed by atoms with Crippen LogP contribution in [-0.2, 0) is 17.5 Å². The van der Waals surface area contributed by atoms with E-state index in [4.69, 9.17) is 4.42 Å². The fourth-order valence-electron chi connectivity index (χ4n) is 2.33. The van der Waals surface area contributed by atoms with E-state index in [1.807, 2.05) is 0 Å². The number of halogens is 3. The fourth-order valence-corrected chi connectivity index (χ4v) is 3.15. The van der Waals surface area contributed by atoms with Gasteiger partial charge in [0.15, 0.2) is 0 Å². The Labute approximate surface area is 148 Å². The van der Waals surface area contributed by atoms with Crippen molar-refractivity contribution >= 4 is 11.4 Å². The van der Waals surface area contributed by atoms with Gasteiger partial charge in [0.05, 0.1) is 5.56 Å². The van der Waals surface area contributed by atoms with E-state index in [2.05, 4.69) is 4.72 Å². The molecule has 2 atom stereocenters. The molecule has 0 fully saturated rings. The molecule has 138 valence electrons. The van der Waals surface area contributed by atoms with E-state index in [1.165, 1.54) is 6.07 Å². The van der Waals surface area contributed by atoms with Gasteiger partial charge < -0.3 is 8.97 Å². The third-order valence-electron chi connectivity index (χ3n) is 3.65. The predicted octanol–water partition coefficient (Wildman–Crippen LogP) is 5.06. The molecule has 0 saturated carbocycles. The predicted molar refractivity (Wildman–Crippen MR) is 92.5 cm³/mol. The molecule has 2 unspecified atom stereocenters. The summed E-state index contributed by atoms with van der Waals surface area (Å²) < 4.78 is 60.9. The van der Waals surface area contributed by atoms with E-state index in [-0.39, 0.29) is 5.56 Å². The molecule has 0 amide bonds. The Morgan fingerprint density at radius 3 is 2.20 bits per heavy atom. The average Bonchev–Trinajstić information content (AvgIpc) is 2.89. The first-order chi connectivity index (χ1) is 11.4. The van der Waals surface area contributed by atoms with E-state index in [9.17, 15) is 17.7 Å². The maximum absolute atomic E-state index is 13.5. The summed E-state index contributed by atoms with van der Waals surface area (Å²) in [5, 5.41) is 0. The van der Waals surface area contributed by atoms with Crippen LogP contribution in [0, 0.1) is 13.8 Å². The van der Waals surface area contributed by atoms with Crippen LogP contribution in [0.1, 0.15) is 55.0 Å². The molecule has 0 bridgehead atoms. The van der Waals surface area contributed by atoms with Gasteiger partial charge >= 0.3 is 6.18 Å². The molecule has 0 aliphatic heterocycles. The average molecular weight is 373 g/mol. The van der Waals surface area contributed by atoms with Gasteiger partial charge in [-0.3, -0.25) is 0 Å². The minimum Gasteiger partial charge on any atom is -0.598 e.